The summed E-state index contributed by atoms with van der Waals surface area (Å²) in [6.45, 7) is 12.2. The predicted molar refractivity (Wildman–Crippen MR) is 82.7 cm³/mol. The molecule has 0 saturated carbocycles. The third-order valence-electron chi connectivity index (χ3n) is 2.69. The van der Waals surface area contributed by atoms with Gasteiger partial charge in [-0.15, -0.1) is 5.10 Å². The first-order valence-corrected chi connectivity index (χ1v) is 8.22. The van der Waals surface area contributed by atoms with Crippen LogP contribution in [0.4, 0.5) is 0 Å². The Kier molecular flexibility index (Phi) is 7.05. The molecule has 0 aliphatic heterocycles. The largest absolute Gasteiger partial charge is 0.341 e. The highest BCUT2D eigenvalue weighted by Crippen LogP contribution is 2.14. The molecular weight excluding hydrogens is 272 g/mol. The van der Waals surface area contributed by atoms with Crippen LogP contribution < -0.4 is 0 Å². The molecule has 5 nitrogen and oxygen atoms in total. The number of nitrogens with zero attached hydrogens (tertiary/aromatic N) is 3. The van der Waals surface area contributed by atoms with E-state index in [4.69, 9.17) is 0 Å². The van der Waals surface area contributed by atoms with Gasteiger partial charge in [0.05, 0.1) is 5.75 Å². The first-order valence-electron chi connectivity index (χ1n) is 7.24. The lowest BCUT2D eigenvalue weighted by Crippen LogP contribution is -2.38. The lowest BCUT2D eigenvalue weighted by molar-refractivity contribution is -0.129. The van der Waals surface area contributed by atoms with Gasteiger partial charge in [-0.25, -0.2) is 4.98 Å². The van der Waals surface area contributed by atoms with Crippen LogP contribution in [0.25, 0.3) is 0 Å². The number of rotatable bonds is 8. The number of amides is 1. The summed E-state index contributed by atoms with van der Waals surface area (Å²) in [6.07, 6.45) is 0.828. The molecule has 20 heavy (non-hydrogen) atoms. The molecule has 0 aliphatic rings. The van der Waals surface area contributed by atoms with E-state index in [-0.39, 0.29) is 5.91 Å². The summed E-state index contributed by atoms with van der Waals surface area (Å²) in [6, 6.07) is 0. The Balaban J connectivity index is 2.52. The normalized spacial score (nSPS) is 11.3. The molecule has 1 aromatic heterocycles. The van der Waals surface area contributed by atoms with Gasteiger partial charge >= 0.3 is 0 Å². The lowest BCUT2D eigenvalue weighted by atomic mass is 10.1. The zero-order chi connectivity index (χ0) is 15.1. The number of H-pyrrole nitrogens is 1. The van der Waals surface area contributed by atoms with Gasteiger partial charge in [-0.2, -0.15) is 0 Å². The minimum atomic E-state index is 0.167. The van der Waals surface area contributed by atoms with Gasteiger partial charge in [0.15, 0.2) is 0 Å². The van der Waals surface area contributed by atoms with E-state index < -0.39 is 0 Å². The second-order valence-electron chi connectivity index (χ2n) is 5.79. The van der Waals surface area contributed by atoms with E-state index >= 15 is 0 Å². The van der Waals surface area contributed by atoms with Crippen molar-refractivity contribution in [3.8, 4) is 0 Å². The molecule has 0 aliphatic carbocycles. The average molecular weight is 298 g/mol. The standard InChI is InChI=1S/C14H26N4OS/c1-6-12-15-14(17-16-12)20-9-13(19)18(7-10(2)3)8-11(4)5/h10-11H,6-9H2,1-5H3,(H,15,16,17). The summed E-state index contributed by atoms with van der Waals surface area (Å²) in [5.74, 6) is 2.40. The van der Waals surface area contributed by atoms with Gasteiger partial charge in [-0.1, -0.05) is 46.4 Å². The third-order valence-corrected chi connectivity index (χ3v) is 3.53. The number of hydrogen-bond acceptors (Lipinski definition) is 4. The Hall–Kier alpha value is -1.04. The molecule has 0 atom stereocenters. The van der Waals surface area contributed by atoms with Crippen molar-refractivity contribution in [3.63, 3.8) is 0 Å². The molecule has 6 heteroatoms. The van der Waals surface area contributed by atoms with E-state index in [0.29, 0.717) is 22.7 Å². The van der Waals surface area contributed by atoms with E-state index in [1.165, 1.54) is 11.8 Å². The Morgan fingerprint density at radius 1 is 1.25 bits per heavy atom. The van der Waals surface area contributed by atoms with Crippen molar-refractivity contribution in [2.75, 3.05) is 18.8 Å². The van der Waals surface area contributed by atoms with Crippen molar-refractivity contribution < 1.29 is 4.79 Å². The van der Waals surface area contributed by atoms with Crippen LogP contribution in [0.15, 0.2) is 5.16 Å². The van der Waals surface area contributed by atoms with Gasteiger partial charge < -0.3 is 4.90 Å². The number of aromatic nitrogens is 3. The second-order valence-corrected chi connectivity index (χ2v) is 6.74. The zero-order valence-corrected chi connectivity index (χ0v) is 14.0. The topological polar surface area (TPSA) is 61.9 Å². The maximum Gasteiger partial charge on any atom is 0.233 e. The number of thioether (sulfide) groups is 1. The van der Waals surface area contributed by atoms with Gasteiger partial charge in [0.1, 0.15) is 5.82 Å². The van der Waals surface area contributed by atoms with Crippen molar-refractivity contribution in [3.05, 3.63) is 5.82 Å². The Morgan fingerprint density at radius 2 is 1.85 bits per heavy atom. The molecule has 1 N–H and O–H groups in total. The summed E-state index contributed by atoms with van der Waals surface area (Å²) in [5, 5.41) is 7.62. The van der Waals surface area contributed by atoms with Crippen molar-refractivity contribution in [1.29, 1.82) is 0 Å². The van der Waals surface area contributed by atoms with Crippen LogP contribution in [0.1, 0.15) is 40.4 Å². The molecule has 0 saturated heterocycles. The highest BCUT2D eigenvalue weighted by Gasteiger charge is 2.17. The second kappa shape index (κ2) is 8.29. The fourth-order valence-electron chi connectivity index (χ4n) is 1.88. The van der Waals surface area contributed by atoms with E-state index in [9.17, 15) is 4.79 Å². The SMILES string of the molecule is CCc1nc(SCC(=O)N(CC(C)C)CC(C)C)n[nH]1. The predicted octanol–water partition coefficient (Wildman–Crippen LogP) is 2.60. The average Bonchev–Trinajstić information content (AvgIpc) is 2.82. The molecule has 0 radical (unpaired) electrons. The molecule has 1 aromatic rings. The van der Waals surface area contributed by atoms with Gasteiger partial charge in [0.25, 0.3) is 0 Å². The molecule has 1 heterocycles. The van der Waals surface area contributed by atoms with Crippen LogP contribution in [0.3, 0.4) is 0 Å². The summed E-state index contributed by atoms with van der Waals surface area (Å²) in [7, 11) is 0. The fourth-order valence-corrected chi connectivity index (χ4v) is 2.60. The lowest BCUT2D eigenvalue weighted by Gasteiger charge is -2.26. The molecule has 0 spiro atoms. The minimum Gasteiger partial charge on any atom is -0.341 e. The first kappa shape index (κ1) is 17.0. The van der Waals surface area contributed by atoms with Gasteiger partial charge in [0.2, 0.25) is 11.1 Å². The highest BCUT2D eigenvalue weighted by atomic mass is 32.2. The van der Waals surface area contributed by atoms with Crippen molar-refractivity contribution in [2.24, 2.45) is 11.8 Å². The number of aryl methyl sites for hydroxylation is 1. The fraction of sp³-hybridized carbons (Fsp3) is 0.786. The Bertz CT molecular complexity index is 407. The van der Waals surface area contributed by atoms with E-state index in [2.05, 4.69) is 42.9 Å². The van der Waals surface area contributed by atoms with Gasteiger partial charge in [-0.3, -0.25) is 9.89 Å². The summed E-state index contributed by atoms with van der Waals surface area (Å²) in [5.41, 5.74) is 0. The zero-order valence-electron chi connectivity index (χ0n) is 13.1. The summed E-state index contributed by atoms with van der Waals surface area (Å²) >= 11 is 1.40. The molecule has 0 bridgehead atoms. The van der Waals surface area contributed by atoms with E-state index in [0.717, 1.165) is 25.3 Å². The number of carbonyl (C=O) groups excluding carboxylic acids is 1. The van der Waals surface area contributed by atoms with Crippen LogP contribution >= 0.6 is 11.8 Å². The van der Waals surface area contributed by atoms with Crippen LogP contribution in [-0.2, 0) is 11.2 Å². The van der Waals surface area contributed by atoms with Crippen LogP contribution in [0, 0.1) is 11.8 Å². The number of hydrogen-bond donors (Lipinski definition) is 1. The summed E-state index contributed by atoms with van der Waals surface area (Å²) < 4.78 is 0. The molecule has 0 fully saturated rings. The maximum absolute atomic E-state index is 12.3. The highest BCUT2D eigenvalue weighted by molar-refractivity contribution is 7.99. The van der Waals surface area contributed by atoms with Crippen molar-refractivity contribution in [2.45, 2.75) is 46.2 Å². The van der Waals surface area contributed by atoms with Gasteiger partial charge in [-0.05, 0) is 11.8 Å². The molecule has 1 amide bonds. The molecular formula is C14H26N4OS. The Labute approximate surface area is 125 Å². The minimum absolute atomic E-state index is 0.167. The van der Waals surface area contributed by atoms with Gasteiger partial charge in [0, 0.05) is 19.5 Å². The molecule has 0 unspecified atom stereocenters. The third kappa shape index (κ3) is 5.94. The number of carbonyl (C=O) groups is 1. The monoisotopic (exact) mass is 298 g/mol. The molecule has 1 rings (SSSR count). The summed E-state index contributed by atoms with van der Waals surface area (Å²) in [4.78, 5) is 18.6. The van der Waals surface area contributed by atoms with Crippen molar-refractivity contribution >= 4 is 17.7 Å². The smallest absolute Gasteiger partial charge is 0.233 e. The molecule has 0 aromatic carbocycles. The first-order chi connectivity index (χ1) is 9.42. The van der Waals surface area contributed by atoms with E-state index in [1.54, 1.807) is 0 Å². The number of nitrogens with one attached hydrogen (secondary N) is 1. The Morgan fingerprint density at radius 3 is 2.30 bits per heavy atom. The maximum atomic E-state index is 12.3. The van der Waals surface area contributed by atoms with Crippen LogP contribution in [-0.4, -0.2) is 44.8 Å². The number of aromatic amines is 1. The quantitative estimate of drug-likeness (QED) is 0.749. The van der Waals surface area contributed by atoms with Crippen molar-refractivity contribution in [1.82, 2.24) is 20.1 Å². The molecule has 114 valence electrons. The van der Waals surface area contributed by atoms with Crippen LogP contribution in [0.2, 0.25) is 0 Å². The van der Waals surface area contributed by atoms with E-state index in [1.807, 2.05) is 11.8 Å². The van der Waals surface area contributed by atoms with Crippen LogP contribution in [0.5, 0.6) is 0 Å².